The van der Waals surface area contributed by atoms with Crippen LogP contribution >= 0.6 is 0 Å². The lowest BCUT2D eigenvalue weighted by molar-refractivity contribution is 0.0921. The lowest BCUT2D eigenvalue weighted by atomic mass is 10.0. The summed E-state index contributed by atoms with van der Waals surface area (Å²) in [6.07, 6.45) is 3.69. The number of nitrogens with one attached hydrogen (secondary N) is 1. The summed E-state index contributed by atoms with van der Waals surface area (Å²) in [4.78, 5) is 15.1. The maximum absolute atomic E-state index is 12.7. The van der Waals surface area contributed by atoms with Crippen LogP contribution in [-0.2, 0) is 19.5 Å². The van der Waals surface area contributed by atoms with Crippen LogP contribution < -0.4 is 19.5 Å². The fourth-order valence-corrected chi connectivity index (χ4v) is 4.45. The van der Waals surface area contributed by atoms with E-state index in [1.807, 2.05) is 12.1 Å². The Bertz CT molecular complexity index is 1140. The van der Waals surface area contributed by atoms with Gasteiger partial charge in [-0.2, -0.15) is 0 Å². The second kappa shape index (κ2) is 10.8. The molecule has 1 aliphatic rings. The van der Waals surface area contributed by atoms with Crippen LogP contribution in [0, 0.1) is 5.92 Å². The number of aromatic nitrogens is 3. The van der Waals surface area contributed by atoms with Crippen molar-refractivity contribution in [3.8, 4) is 17.2 Å². The van der Waals surface area contributed by atoms with Gasteiger partial charge in [-0.15, -0.1) is 10.2 Å². The van der Waals surface area contributed by atoms with Gasteiger partial charge in [-0.05, 0) is 18.1 Å². The molecule has 0 bridgehead atoms. The molecule has 1 unspecified atom stereocenters. The van der Waals surface area contributed by atoms with E-state index in [1.54, 1.807) is 27.4 Å². The van der Waals surface area contributed by atoms with E-state index in [-0.39, 0.29) is 17.9 Å². The summed E-state index contributed by atoms with van der Waals surface area (Å²) < 4.78 is 23.8. The topological polar surface area (TPSA) is 104 Å². The fourth-order valence-electron chi connectivity index (χ4n) is 4.45. The molecular weight excluding hydrogens is 450 g/mol. The molecule has 188 valence electrons. The number of ether oxygens (including phenoxy) is 3. The number of carbonyl (C=O) groups excluding carboxylic acids is 1. The van der Waals surface area contributed by atoms with E-state index in [0.717, 1.165) is 43.3 Å². The zero-order valence-electron chi connectivity index (χ0n) is 20.9. The molecule has 1 aromatic carbocycles. The molecule has 35 heavy (non-hydrogen) atoms. The van der Waals surface area contributed by atoms with E-state index in [2.05, 4.69) is 38.8 Å². The Labute approximate surface area is 205 Å². The zero-order valence-corrected chi connectivity index (χ0v) is 20.9. The van der Waals surface area contributed by atoms with Crippen LogP contribution in [0.25, 0.3) is 0 Å². The number of nitrogens with zero attached hydrogens (tertiary/aromatic N) is 4. The van der Waals surface area contributed by atoms with Crippen molar-refractivity contribution in [3.63, 3.8) is 0 Å². The van der Waals surface area contributed by atoms with Gasteiger partial charge in [0.05, 0.1) is 39.2 Å². The van der Waals surface area contributed by atoms with Gasteiger partial charge in [-0.3, -0.25) is 9.69 Å². The molecule has 1 N–H and O–H groups in total. The quantitative estimate of drug-likeness (QED) is 0.495. The summed E-state index contributed by atoms with van der Waals surface area (Å²) in [5, 5.41) is 12.1. The van der Waals surface area contributed by atoms with Gasteiger partial charge in [0.1, 0.15) is 12.1 Å². The smallest absolute Gasteiger partial charge is 0.255 e. The summed E-state index contributed by atoms with van der Waals surface area (Å²) in [5.41, 5.74) is 1.51. The van der Waals surface area contributed by atoms with Gasteiger partial charge in [0.2, 0.25) is 5.75 Å². The van der Waals surface area contributed by atoms with E-state index in [0.29, 0.717) is 29.4 Å². The highest BCUT2D eigenvalue weighted by molar-refractivity contribution is 5.94. The molecule has 0 spiro atoms. The van der Waals surface area contributed by atoms with Gasteiger partial charge in [0.25, 0.3) is 5.91 Å². The molecule has 2 aromatic heterocycles. The van der Waals surface area contributed by atoms with Crippen molar-refractivity contribution < 1.29 is 23.4 Å². The minimum absolute atomic E-state index is 0.134. The zero-order chi connectivity index (χ0) is 24.9. The minimum atomic E-state index is -0.267. The molecule has 4 rings (SSSR count). The largest absolute Gasteiger partial charge is 0.493 e. The lowest BCUT2D eigenvalue weighted by Gasteiger charge is -2.24. The Morgan fingerprint density at radius 1 is 1.06 bits per heavy atom. The first-order valence-corrected chi connectivity index (χ1v) is 11.7. The Morgan fingerprint density at radius 3 is 2.51 bits per heavy atom. The number of fused-ring (bicyclic) bond motifs is 1. The summed E-state index contributed by atoms with van der Waals surface area (Å²) in [7, 11) is 4.86. The Balaban J connectivity index is 1.51. The number of amides is 1. The highest BCUT2D eigenvalue weighted by Gasteiger charge is 2.28. The van der Waals surface area contributed by atoms with Crippen LogP contribution in [0.3, 0.4) is 0 Å². The van der Waals surface area contributed by atoms with Gasteiger partial charge in [0, 0.05) is 38.2 Å². The second-order valence-electron chi connectivity index (χ2n) is 8.85. The molecule has 10 heteroatoms. The second-order valence-corrected chi connectivity index (χ2v) is 8.85. The van der Waals surface area contributed by atoms with Crippen LogP contribution in [0.15, 0.2) is 35.1 Å². The summed E-state index contributed by atoms with van der Waals surface area (Å²) in [5.74, 6) is 3.55. The van der Waals surface area contributed by atoms with Crippen LogP contribution in [-0.4, -0.2) is 60.0 Å². The van der Waals surface area contributed by atoms with Crippen molar-refractivity contribution in [1.29, 1.82) is 0 Å². The number of rotatable bonds is 9. The van der Waals surface area contributed by atoms with Gasteiger partial charge in [-0.25, -0.2) is 0 Å². The Hall–Kier alpha value is -3.53. The molecule has 1 atom stereocenters. The standard InChI is InChI=1S/C25H33N5O5/c1-16(2)21(26-25(31)18-9-13-35-15-18)24-28-27-20-8-10-29(11-12-30(20)24)14-17-6-7-19(32-3)23(34-5)22(17)33-4/h6-7,9,13,15-16,21H,8,10-12,14H2,1-5H3,(H,26,31). The predicted molar refractivity (Wildman–Crippen MR) is 129 cm³/mol. The lowest BCUT2D eigenvalue weighted by Crippen LogP contribution is -2.34. The van der Waals surface area contributed by atoms with Crippen molar-refractivity contribution in [3.05, 3.63) is 53.5 Å². The first-order chi connectivity index (χ1) is 17.0. The third-order valence-electron chi connectivity index (χ3n) is 6.34. The first kappa shape index (κ1) is 24.6. The van der Waals surface area contributed by atoms with Crippen molar-refractivity contribution >= 4 is 5.91 Å². The molecule has 1 aliphatic heterocycles. The third kappa shape index (κ3) is 5.12. The molecule has 3 aromatic rings. The normalized spacial score (nSPS) is 14.8. The fraction of sp³-hybridized carbons (Fsp3) is 0.480. The Morgan fingerprint density at radius 2 is 1.86 bits per heavy atom. The monoisotopic (exact) mass is 483 g/mol. The minimum Gasteiger partial charge on any atom is -0.493 e. The molecule has 0 fully saturated rings. The molecule has 0 saturated carbocycles. The van der Waals surface area contributed by atoms with E-state index in [1.165, 1.54) is 12.5 Å². The molecule has 0 aliphatic carbocycles. The number of methoxy groups -OCH3 is 3. The van der Waals surface area contributed by atoms with E-state index in [9.17, 15) is 4.79 Å². The highest BCUT2D eigenvalue weighted by Crippen LogP contribution is 2.40. The van der Waals surface area contributed by atoms with Crippen molar-refractivity contribution in [2.75, 3.05) is 34.4 Å². The molecule has 0 radical (unpaired) electrons. The van der Waals surface area contributed by atoms with Crippen LogP contribution in [0.4, 0.5) is 0 Å². The summed E-state index contributed by atoms with van der Waals surface area (Å²) in [6, 6.07) is 5.29. The average Bonchev–Trinajstić information content (AvgIpc) is 3.50. The number of carbonyl (C=O) groups is 1. The average molecular weight is 484 g/mol. The van der Waals surface area contributed by atoms with Gasteiger partial charge < -0.3 is 28.5 Å². The molecule has 0 saturated heterocycles. The van der Waals surface area contributed by atoms with Gasteiger partial charge in [-0.1, -0.05) is 19.9 Å². The number of hydrogen-bond donors (Lipinski definition) is 1. The van der Waals surface area contributed by atoms with Crippen molar-refractivity contribution in [1.82, 2.24) is 25.0 Å². The maximum atomic E-state index is 12.7. The number of hydrogen-bond acceptors (Lipinski definition) is 8. The Kier molecular flexibility index (Phi) is 7.60. The van der Waals surface area contributed by atoms with Crippen LogP contribution in [0.2, 0.25) is 0 Å². The molecule has 1 amide bonds. The number of furan rings is 1. The SMILES string of the molecule is COc1ccc(CN2CCc3nnc(C(NC(=O)c4ccoc4)C(C)C)n3CC2)c(OC)c1OC. The predicted octanol–water partition coefficient (Wildman–Crippen LogP) is 3.08. The maximum Gasteiger partial charge on any atom is 0.255 e. The van der Waals surface area contributed by atoms with Crippen LogP contribution in [0.5, 0.6) is 17.2 Å². The first-order valence-electron chi connectivity index (χ1n) is 11.7. The summed E-state index contributed by atoms with van der Waals surface area (Å²) in [6.45, 7) is 7.17. The summed E-state index contributed by atoms with van der Waals surface area (Å²) >= 11 is 0. The highest BCUT2D eigenvalue weighted by atomic mass is 16.5. The third-order valence-corrected chi connectivity index (χ3v) is 6.34. The van der Waals surface area contributed by atoms with E-state index >= 15 is 0 Å². The van der Waals surface area contributed by atoms with Gasteiger partial charge in [0.15, 0.2) is 17.3 Å². The van der Waals surface area contributed by atoms with Crippen molar-refractivity contribution in [2.45, 2.75) is 39.4 Å². The van der Waals surface area contributed by atoms with Crippen LogP contribution in [0.1, 0.15) is 47.5 Å². The van der Waals surface area contributed by atoms with E-state index in [4.69, 9.17) is 18.6 Å². The molecule has 10 nitrogen and oxygen atoms in total. The van der Waals surface area contributed by atoms with Crippen molar-refractivity contribution in [2.24, 2.45) is 5.92 Å². The van der Waals surface area contributed by atoms with E-state index < -0.39 is 0 Å². The molecule has 3 heterocycles. The van der Waals surface area contributed by atoms with Gasteiger partial charge >= 0.3 is 0 Å². The number of benzene rings is 1. The molecular formula is C25H33N5O5.